The van der Waals surface area contributed by atoms with Crippen LogP contribution in [0.15, 0.2) is 0 Å². The molecule has 0 aromatic rings. The van der Waals surface area contributed by atoms with Crippen LogP contribution in [0.4, 0.5) is 4.79 Å². The van der Waals surface area contributed by atoms with Crippen LogP contribution in [0, 0.1) is 29.1 Å². The van der Waals surface area contributed by atoms with Crippen LogP contribution in [0.2, 0.25) is 0 Å². The summed E-state index contributed by atoms with van der Waals surface area (Å²) < 4.78 is 0. The zero-order valence-corrected chi connectivity index (χ0v) is 16.6. The minimum absolute atomic E-state index is 0.0986. The zero-order chi connectivity index (χ0) is 18.4. The fourth-order valence-corrected chi connectivity index (χ4v) is 7.37. The van der Waals surface area contributed by atoms with Gasteiger partial charge < -0.3 is 15.1 Å². The van der Waals surface area contributed by atoms with Crippen molar-refractivity contribution in [1.82, 2.24) is 15.1 Å². The Bertz CT molecular complexity index is 555. The fourth-order valence-electron chi connectivity index (χ4n) is 7.37. The van der Waals surface area contributed by atoms with Crippen LogP contribution in [0.3, 0.4) is 0 Å². The number of carbonyl (C=O) groups excluding carboxylic acids is 2. The Kier molecular flexibility index (Phi) is 4.60. The highest BCUT2D eigenvalue weighted by molar-refractivity contribution is 5.79. The van der Waals surface area contributed by atoms with E-state index in [2.05, 4.69) is 5.32 Å². The lowest BCUT2D eigenvalue weighted by Crippen LogP contribution is -2.52. The molecule has 27 heavy (non-hydrogen) atoms. The van der Waals surface area contributed by atoms with E-state index in [4.69, 9.17) is 0 Å². The first-order chi connectivity index (χ1) is 13.1. The Morgan fingerprint density at radius 1 is 0.815 bits per heavy atom. The minimum Gasteiger partial charge on any atom is -0.355 e. The molecule has 4 bridgehead atoms. The molecular formula is C22H35N3O2. The Morgan fingerprint density at radius 3 is 1.89 bits per heavy atom. The van der Waals surface area contributed by atoms with E-state index in [9.17, 15) is 9.59 Å². The van der Waals surface area contributed by atoms with Gasteiger partial charge in [-0.2, -0.15) is 0 Å². The van der Waals surface area contributed by atoms with Gasteiger partial charge in [0.2, 0.25) is 5.91 Å². The highest BCUT2D eigenvalue weighted by Gasteiger charge is 2.50. The molecule has 6 aliphatic rings. The lowest BCUT2D eigenvalue weighted by Gasteiger charge is -2.57. The van der Waals surface area contributed by atoms with Crippen LogP contribution >= 0.6 is 0 Å². The number of hydrogen-bond acceptors (Lipinski definition) is 2. The van der Waals surface area contributed by atoms with Crippen LogP contribution in [0.1, 0.15) is 64.2 Å². The number of rotatable bonds is 3. The molecule has 2 saturated heterocycles. The Morgan fingerprint density at radius 2 is 1.33 bits per heavy atom. The first-order valence-electron chi connectivity index (χ1n) is 11.4. The molecule has 0 radical (unpaired) electrons. The van der Waals surface area contributed by atoms with Gasteiger partial charge in [0.15, 0.2) is 0 Å². The monoisotopic (exact) mass is 373 g/mol. The third-order valence-electron chi connectivity index (χ3n) is 8.32. The van der Waals surface area contributed by atoms with E-state index in [-0.39, 0.29) is 17.9 Å². The van der Waals surface area contributed by atoms with Crippen molar-refractivity contribution >= 4 is 11.9 Å². The van der Waals surface area contributed by atoms with Gasteiger partial charge in [-0.25, -0.2) is 4.79 Å². The first kappa shape index (κ1) is 17.8. The standard InChI is InChI=1S/C22H35N3O2/c26-20(19-3-7-25(8-4-19)21(27)24-5-1-2-6-24)23-15-22-12-16-9-17(13-22)11-18(10-16)14-22/h16-19H,1-15H2,(H,23,26). The second-order valence-corrected chi connectivity index (χ2v) is 10.4. The van der Waals surface area contributed by atoms with Gasteiger partial charge in [-0.15, -0.1) is 0 Å². The molecule has 0 unspecified atom stereocenters. The molecule has 5 nitrogen and oxygen atoms in total. The van der Waals surface area contributed by atoms with E-state index in [1.165, 1.54) is 38.5 Å². The number of likely N-dealkylation sites (tertiary alicyclic amines) is 2. The molecule has 1 N–H and O–H groups in total. The lowest BCUT2D eigenvalue weighted by molar-refractivity contribution is -0.128. The van der Waals surface area contributed by atoms with Gasteiger partial charge in [-0.05, 0) is 87.4 Å². The number of nitrogens with one attached hydrogen (secondary N) is 1. The number of piperidine rings is 1. The van der Waals surface area contributed by atoms with Crippen molar-refractivity contribution in [2.24, 2.45) is 29.1 Å². The number of urea groups is 1. The zero-order valence-electron chi connectivity index (χ0n) is 16.6. The summed E-state index contributed by atoms with van der Waals surface area (Å²) in [5.41, 5.74) is 0.414. The lowest BCUT2D eigenvalue weighted by atomic mass is 9.49. The van der Waals surface area contributed by atoms with Crippen molar-refractivity contribution in [2.45, 2.75) is 64.2 Å². The van der Waals surface area contributed by atoms with E-state index in [1.54, 1.807) is 0 Å². The van der Waals surface area contributed by atoms with Gasteiger partial charge in [0.05, 0.1) is 0 Å². The van der Waals surface area contributed by atoms with Crippen LogP contribution in [0.25, 0.3) is 0 Å². The summed E-state index contributed by atoms with van der Waals surface area (Å²) in [6.07, 6.45) is 12.3. The normalized spacial score (nSPS) is 38.4. The Hall–Kier alpha value is -1.26. The maximum Gasteiger partial charge on any atom is 0.319 e. The molecule has 4 aliphatic carbocycles. The van der Waals surface area contributed by atoms with E-state index in [0.29, 0.717) is 5.41 Å². The SMILES string of the molecule is O=C(NCC12CC3CC(CC(C3)C1)C2)C1CCN(C(=O)N2CCCC2)CC1. The third-order valence-corrected chi connectivity index (χ3v) is 8.32. The molecule has 6 rings (SSSR count). The van der Waals surface area contributed by atoms with Crippen LogP contribution in [-0.4, -0.2) is 54.5 Å². The first-order valence-corrected chi connectivity index (χ1v) is 11.4. The van der Waals surface area contributed by atoms with Crippen molar-refractivity contribution in [3.05, 3.63) is 0 Å². The summed E-state index contributed by atoms with van der Waals surface area (Å²) in [5, 5.41) is 3.36. The smallest absolute Gasteiger partial charge is 0.319 e. The summed E-state index contributed by atoms with van der Waals surface area (Å²) in [4.78, 5) is 29.3. The summed E-state index contributed by atoms with van der Waals surface area (Å²) in [6, 6.07) is 0.194. The molecule has 0 atom stereocenters. The highest BCUT2D eigenvalue weighted by atomic mass is 16.2. The van der Waals surface area contributed by atoms with Crippen LogP contribution in [-0.2, 0) is 4.79 Å². The van der Waals surface area contributed by atoms with Crippen LogP contribution in [0.5, 0.6) is 0 Å². The maximum atomic E-state index is 12.8. The van der Waals surface area contributed by atoms with Crippen molar-refractivity contribution < 1.29 is 9.59 Å². The van der Waals surface area contributed by atoms with E-state index in [1.807, 2.05) is 9.80 Å². The number of amides is 3. The topological polar surface area (TPSA) is 52.7 Å². The number of carbonyl (C=O) groups is 2. The summed E-state index contributed by atoms with van der Waals surface area (Å²) in [6.45, 7) is 4.20. The van der Waals surface area contributed by atoms with Crippen molar-refractivity contribution in [3.63, 3.8) is 0 Å². The largest absolute Gasteiger partial charge is 0.355 e. The second-order valence-electron chi connectivity index (χ2n) is 10.4. The second kappa shape index (κ2) is 6.97. The fraction of sp³-hybridized carbons (Fsp3) is 0.909. The maximum absolute atomic E-state index is 12.8. The van der Waals surface area contributed by atoms with Gasteiger partial charge in [-0.1, -0.05) is 0 Å². The molecule has 2 heterocycles. The highest BCUT2D eigenvalue weighted by Crippen LogP contribution is 2.59. The van der Waals surface area contributed by atoms with E-state index < -0.39 is 0 Å². The van der Waals surface area contributed by atoms with E-state index in [0.717, 1.165) is 76.2 Å². The van der Waals surface area contributed by atoms with Gasteiger partial charge in [0.1, 0.15) is 0 Å². The molecule has 6 fully saturated rings. The molecule has 150 valence electrons. The predicted octanol–water partition coefficient (Wildman–Crippen LogP) is 3.25. The summed E-state index contributed by atoms with van der Waals surface area (Å²) in [5.74, 6) is 3.16. The predicted molar refractivity (Wildman–Crippen MR) is 104 cm³/mol. The summed E-state index contributed by atoms with van der Waals surface area (Å²) in [7, 11) is 0. The number of hydrogen-bond donors (Lipinski definition) is 1. The Labute approximate surface area is 163 Å². The molecule has 5 heteroatoms. The van der Waals surface area contributed by atoms with Gasteiger partial charge in [0, 0.05) is 38.6 Å². The molecule has 0 spiro atoms. The molecule has 3 amide bonds. The molecule has 0 aromatic carbocycles. The Balaban J connectivity index is 1.10. The van der Waals surface area contributed by atoms with E-state index >= 15 is 0 Å². The van der Waals surface area contributed by atoms with Crippen molar-refractivity contribution in [3.8, 4) is 0 Å². The molecule has 2 aliphatic heterocycles. The average Bonchev–Trinajstić information content (AvgIpc) is 3.19. The van der Waals surface area contributed by atoms with Crippen LogP contribution < -0.4 is 5.32 Å². The molecule has 0 aromatic heterocycles. The number of nitrogens with zero attached hydrogens (tertiary/aromatic N) is 2. The molecular weight excluding hydrogens is 338 g/mol. The van der Waals surface area contributed by atoms with Gasteiger partial charge in [-0.3, -0.25) is 4.79 Å². The van der Waals surface area contributed by atoms with Crippen molar-refractivity contribution in [2.75, 3.05) is 32.7 Å². The quantitative estimate of drug-likeness (QED) is 0.826. The minimum atomic E-state index is 0.0986. The summed E-state index contributed by atoms with van der Waals surface area (Å²) >= 11 is 0. The molecule has 4 saturated carbocycles. The van der Waals surface area contributed by atoms with Gasteiger partial charge in [0.25, 0.3) is 0 Å². The average molecular weight is 374 g/mol. The van der Waals surface area contributed by atoms with Gasteiger partial charge >= 0.3 is 6.03 Å². The van der Waals surface area contributed by atoms with Crippen molar-refractivity contribution in [1.29, 1.82) is 0 Å². The third kappa shape index (κ3) is 3.47.